The van der Waals surface area contributed by atoms with E-state index in [1.807, 2.05) is 0 Å². The molecule has 122 valence electrons. The molecule has 24 heavy (non-hydrogen) atoms. The van der Waals surface area contributed by atoms with Crippen LogP contribution in [0.4, 0.5) is 0 Å². The lowest BCUT2D eigenvalue weighted by molar-refractivity contribution is 0.442. The molecule has 3 rings (SSSR count). The van der Waals surface area contributed by atoms with Crippen LogP contribution >= 0.6 is 0 Å². The number of rotatable bonds is 7. The van der Waals surface area contributed by atoms with Gasteiger partial charge in [-0.15, -0.1) is 0 Å². The van der Waals surface area contributed by atoms with Gasteiger partial charge in [0.1, 0.15) is 0 Å². The number of hydrogen-bond donors (Lipinski definition) is 0. The summed E-state index contributed by atoms with van der Waals surface area (Å²) in [4.78, 5) is 0. The van der Waals surface area contributed by atoms with Gasteiger partial charge in [-0.25, -0.2) is 0 Å². The van der Waals surface area contributed by atoms with E-state index in [9.17, 15) is 0 Å². The van der Waals surface area contributed by atoms with Crippen molar-refractivity contribution >= 4 is 0 Å². The van der Waals surface area contributed by atoms with E-state index in [1.165, 1.54) is 23.1 Å². The van der Waals surface area contributed by atoms with Crippen LogP contribution in [0.5, 0.6) is 0 Å². The highest BCUT2D eigenvalue weighted by atomic mass is 14.2. The third-order valence-corrected chi connectivity index (χ3v) is 4.79. The molecule has 0 aliphatic rings. The van der Waals surface area contributed by atoms with Crippen LogP contribution in [-0.2, 0) is 12.8 Å². The molecule has 1 unspecified atom stereocenters. The summed E-state index contributed by atoms with van der Waals surface area (Å²) in [5.41, 5.74) is 4.33. The van der Waals surface area contributed by atoms with Gasteiger partial charge in [0.25, 0.3) is 0 Å². The quantitative estimate of drug-likeness (QED) is 0.481. The SMILES string of the molecule is CC(CC(Cc1ccccc1)Cc1ccccc1)c1ccccc1. The van der Waals surface area contributed by atoms with E-state index in [0.717, 1.165) is 12.8 Å². The van der Waals surface area contributed by atoms with Crippen LogP contribution < -0.4 is 0 Å². The molecule has 0 radical (unpaired) electrons. The molecule has 0 fully saturated rings. The van der Waals surface area contributed by atoms with E-state index in [-0.39, 0.29) is 0 Å². The number of benzene rings is 3. The third-order valence-electron chi connectivity index (χ3n) is 4.79. The maximum atomic E-state index is 2.36. The zero-order valence-electron chi connectivity index (χ0n) is 14.4. The minimum absolute atomic E-state index is 0.587. The Balaban J connectivity index is 1.73. The summed E-state index contributed by atoms with van der Waals surface area (Å²) in [5.74, 6) is 1.24. The molecule has 0 nitrogen and oxygen atoms in total. The van der Waals surface area contributed by atoms with Crippen molar-refractivity contribution in [1.29, 1.82) is 0 Å². The second-order valence-corrected chi connectivity index (χ2v) is 6.79. The lowest BCUT2D eigenvalue weighted by Crippen LogP contribution is -2.12. The van der Waals surface area contributed by atoms with Crippen molar-refractivity contribution in [1.82, 2.24) is 0 Å². The normalized spacial score (nSPS) is 12.2. The Morgan fingerprint density at radius 1 is 0.583 bits per heavy atom. The molecule has 0 spiro atoms. The molecule has 0 aromatic heterocycles. The third kappa shape index (κ3) is 4.83. The summed E-state index contributed by atoms with van der Waals surface area (Å²) in [6.07, 6.45) is 3.51. The van der Waals surface area contributed by atoms with Crippen molar-refractivity contribution < 1.29 is 0 Å². The zero-order chi connectivity index (χ0) is 16.6. The van der Waals surface area contributed by atoms with Crippen LogP contribution in [0.3, 0.4) is 0 Å². The second kappa shape index (κ2) is 8.49. The van der Waals surface area contributed by atoms with Crippen molar-refractivity contribution in [3.05, 3.63) is 108 Å². The molecule has 3 aromatic rings. The Hall–Kier alpha value is -2.34. The maximum absolute atomic E-state index is 2.36. The van der Waals surface area contributed by atoms with Crippen molar-refractivity contribution in [2.24, 2.45) is 5.92 Å². The zero-order valence-corrected chi connectivity index (χ0v) is 14.4. The summed E-state index contributed by atoms with van der Waals surface area (Å²) in [5, 5.41) is 0. The molecule has 0 aliphatic heterocycles. The molecule has 0 bridgehead atoms. The first kappa shape index (κ1) is 16.5. The Kier molecular flexibility index (Phi) is 5.85. The Morgan fingerprint density at radius 3 is 1.46 bits per heavy atom. The van der Waals surface area contributed by atoms with E-state index >= 15 is 0 Å². The fourth-order valence-electron chi connectivity index (χ4n) is 3.55. The predicted octanol–water partition coefficient (Wildman–Crippen LogP) is 6.28. The Morgan fingerprint density at radius 2 is 1.00 bits per heavy atom. The highest BCUT2D eigenvalue weighted by Gasteiger charge is 2.16. The molecule has 0 heterocycles. The molecular formula is C24H26. The van der Waals surface area contributed by atoms with E-state index in [1.54, 1.807) is 0 Å². The highest BCUT2D eigenvalue weighted by molar-refractivity contribution is 5.21. The Labute approximate surface area is 146 Å². The molecule has 1 atom stereocenters. The first-order chi connectivity index (χ1) is 11.8. The van der Waals surface area contributed by atoms with Crippen LogP contribution in [0.15, 0.2) is 91.0 Å². The monoisotopic (exact) mass is 314 g/mol. The molecule has 0 N–H and O–H groups in total. The van der Waals surface area contributed by atoms with Gasteiger partial charge in [-0.2, -0.15) is 0 Å². The molecular weight excluding hydrogens is 288 g/mol. The van der Waals surface area contributed by atoms with Gasteiger partial charge in [0.2, 0.25) is 0 Å². The van der Waals surface area contributed by atoms with Gasteiger partial charge in [-0.3, -0.25) is 0 Å². The van der Waals surface area contributed by atoms with Gasteiger partial charge >= 0.3 is 0 Å². The van der Waals surface area contributed by atoms with Gasteiger partial charge in [0, 0.05) is 0 Å². The van der Waals surface area contributed by atoms with Crippen LogP contribution in [0.1, 0.15) is 36.0 Å². The summed E-state index contributed by atoms with van der Waals surface area (Å²) in [6.45, 7) is 2.36. The standard InChI is InChI=1S/C24H26/c1-20(24-15-9-4-10-16-24)17-23(18-21-11-5-2-6-12-21)19-22-13-7-3-8-14-22/h2-16,20,23H,17-19H2,1H3. The van der Waals surface area contributed by atoms with Gasteiger partial charge < -0.3 is 0 Å². The van der Waals surface area contributed by atoms with Crippen LogP contribution in [-0.4, -0.2) is 0 Å². The maximum Gasteiger partial charge on any atom is -0.0188 e. The number of hydrogen-bond acceptors (Lipinski definition) is 0. The highest BCUT2D eigenvalue weighted by Crippen LogP contribution is 2.28. The predicted molar refractivity (Wildman–Crippen MR) is 103 cm³/mol. The molecule has 0 aliphatic carbocycles. The van der Waals surface area contributed by atoms with Crippen molar-refractivity contribution in [2.45, 2.75) is 32.1 Å². The fourth-order valence-corrected chi connectivity index (χ4v) is 3.55. The largest absolute Gasteiger partial charge is 0.0622 e. The topological polar surface area (TPSA) is 0 Å². The van der Waals surface area contributed by atoms with E-state index in [0.29, 0.717) is 11.8 Å². The van der Waals surface area contributed by atoms with E-state index in [2.05, 4.69) is 97.9 Å². The van der Waals surface area contributed by atoms with Gasteiger partial charge in [-0.1, -0.05) is 97.9 Å². The van der Waals surface area contributed by atoms with E-state index in [4.69, 9.17) is 0 Å². The lowest BCUT2D eigenvalue weighted by Gasteiger charge is -2.22. The van der Waals surface area contributed by atoms with Crippen LogP contribution in [0.2, 0.25) is 0 Å². The first-order valence-electron chi connectivity index (χ1n) is 8.94. The van der Waals surface area contributed by atoms with Crippen molar-refractivity contribution in [3.63, 3.8) is 0 Å². The van der Waals surface area contributed by atoms with Crippen LogP contribution in [0, 0.1) is 5.92 Å². The summed E-state index contributed by atoms with van der Waals surface area (Å²) < 4.78 is 0. The summed E-state index contributed by atoms with van der Waals surface area (Å²) >= 11 is 0. The Bertz CT molecular complexity index is 659. The average molecular weight is 314 g/mol. The fraction of sp³-hybridized carbons (Fsp3) is 0.250. The minimum atomic E-state index is 0.587. The summed E-state index contributed by atoms with van der Waals surface area (Å²) in [7, 11) is 0. The molecule has 3 aromatic carbocycles. The average Bonchev–Trinajstić information content (AvgIpc) is 2.64. The van der Waals surface area contributed by atoms with Gasteiger partial charge in [-0.05, 0) is 47.8 Å². The molecule has 0 amide bonds. The lowest BCUT2D eigenvalue weighted by atomic mass is 9.83. The van der Waals surface area contributed by atoms with Crippen molar-refractivity contribution in [3.8, 4) is 0 Å². The molecule has 0 saturated heterocycles. The van der Waals surface area contributed by atoms with Gasteiger partial charge in [0.15, 0.2) is 0 Å². The minimum Gasteiger partial charge on any atom is -0.0622 e. The van der Waals surface area contributed by atoms with Gasteiger partial charge in [0.05, 0.1) is 0 Å². The second-order valence-electron chi connectivity index (χ2n) is 6.79. The molecule has 0 heteroatoms. The molecule has 0 saturated carbocycles. The first-order valence-corrected chi connectivity index (χ1v) is 8.94. The van der Waals surface area contributed by atoms with E-state index < -0.39 is 0 Å². The smallest absolute Gasteiger partial charge is 0.0188 e. The van der Waals surface area contributed by atoms with Crippen molar-refractivity contribution in [2.75, 3.05) is 0 Å². The van der Waals surface area contributed by atoms with Crippen LogP contribution in [0.25, 0.3) is 0 Å². The summed E-state index contributed by atoms with van der Waals surface area (Å²) in [6, 6.07) is 32.7.